The third-order valence-electron chi connectivity index (χ3n) is 3.87. The maximum atomic E-state index is 13.5. The number of amides is 2. The van der Waals surface area contributed by atoms with Gasteiger partial charge < -0.3 is 9.88 Å². The van der Waals surface area contributed by atoms with Crippen LogP contribution < -0.4 is 10.1 Å². The Kier molecular flexibility index (Phi) is 4.12. The first-order valence-electron chi connectivity index (χ1n) is 7.25. The number of rotatable bonds is 3. The van der Waals surface area contributed by atoms with E-state index in [4.69, 9.17) is 0 Å². The summed E-state index contributed by atoms with van der Waals surface area (Å²) >= 11 is 1.31. The van der Waals surface area contributed by atoms with Crippen LogP contribution in [0.25, 0.3) is 0 Å². The predicted octanol–water partition coefficient (Wildman–Crippen LogP) is 2.56. The van der Waals surface area contributed by atoms with Crippen LogP contribution in [0.1, 0.15) is 23.7 Å². The predicted molar refractivity (Wildman–Crippen MR) is 85.5 cm³/mol. The molecular formula is C16H16FN3O2S. The number of nitrogens with one attached hydrogen (secondary N) is 1. The van der Waals surface area contributed by atoms with Crippen molar-refractivity contribution in [1.82, 2.24) is 4.57 Å². The number of hydrogen-bond acceptors (Lipinski definition) is 3. The molecule has 1 fully saturated rings. The molecule has 5 nitrogen and oxygen atoms in total. The van der Waals surface area contributed by atoms with Gasteiger partial charge in [0.2, 0.25) is 5.91 Å². The van der Waals surface area contributed by atoms with Crippen LogP contribution in [0.15, 0.2) is 34.8 Å². The highest BCUT2D eigenvalue weighted by Gasteiger charge is 2.39. The molecule has 0 radical (unpaired) electrons. The Morgan fingerprint density at radius 2 is 2.17 bits per heavy atom. The van der Waals surface area contributed by atoms with Gasteiger partial charge in [0, 0.05) is 24.5 Å². The molecule has 2 unspecified atom stereocenters. The van der Waals surface area contributed by atoms with Crippen molar-refractivity contribution < 1.29 is 14.0 Å². The molecule has 0 spiro atoms. The van der Waals surface area contributed by atoms with Crippen molar-refractivity contribution in [3.05, 3.63) is 46.0 Å². The van der Waals surface area contributed by atoms with Crippen LogP contribution >= 0.6 is 11.3 Å². The summed E-state index contributed by atoms with van der Waals surface area (Å²) in [6.07, 6.45) is 2.62. The summed E-state index contributed by atoms with van der Waals surface area (Å²) in [5, 5.41) is 4.52. The van der Waals surface area contributed by atoms with Crippen molar-refractivity contribution in [1.29, 1.82) is 0 Å². The molecule has 1 aliphatic rings. The minimum Gasteiger partial charge on any atom is -0.327 e. The summed E-state index contributed by atoms with van der Waals surface area (Å²) in [7, 11) is 1.77. The zero-order chi connectivity index (χ0) is 16.6. The van der Waals surface area contributed by atoms with Crippen LogP contribution in [0.2, 0.25) is 0 Å². The van der Waals surface area contributed by atoms with Gasteiger partial charge in [0.25, 0.3) is 5.91 Å². The van der Waals surface area contributed by atoms with E-state index in [0.717, 1.165) is 12.5 Å². The number of anilines is 1. The number of carbonyl (C=O) groups is 2. The van der Waals surface area contributed by atoms with Gasteiger partial charge >= 0.3 is 0 Å². The van der Waals surface area contributed by atoms with Gasteiger partial charge in [-0.25, -0.2) is 4.39 Å². The lowest BCUT2D eigenvalue weighted by molar-refractivity contribution is -0.117. The fourth-order valence-electron chi connectivity index (χ4n) is 2.30. The number of halogens is 1. The highest BCUT2D eigenvalue weighted by molar-refractivity contribution is 7.07. The van der Waals surface area contributed by atoms with Crippen LogP contribution in [0, 0.1) is 17.7 Å². The molecule has 3 rings (SSSR count). The summed E-state index contributed by atoms with van der Waals surface area (Å²) in [6, 6.07) is 3.72. The molecule has 120 valence electrons. The summed E-state index contributed by atoms with van der Waals surface area (Å²) in [5.74, 6) is -0.946. The number of hydrogen-bond donors (Lipinski definition) is 1. The molecule has 1 aliphatic carbocycles. The molecule has 1 heterocycles. The summed E-state index contributed by atoms with van der Waals surface area (Å²) in [4.78, 5) is 28.9. The van der Waals surface area contributed by atoms with Crippen LogP contribution in [-0.4, -0.2) is 16.4 Å². The zero-order valence-electron chi connectivity index (χ0n) is 12.7. The average molecular weight is 333 g/mol. The van der Waals surface area contributed by atoms with Gasteiger partial charge in [-0.1, -0.05) is 6.92 Å². The van der Waals surface area contributed by atoms with Gasteiger partial charge in [-0.05, 0) is 30.5 Å². The highest BCUT2D eigenvalue weighted by Crippen LogP contribution is 2.38. The van der Waals surface area contributed by atoms with E-state index in [0.29, 0.717) is 16.4 Å². The Balaban J connectivity index is 1.91. The van der Waals surface area contributed by atoms with E-state index in [-0.39, 0.29) is 17.4 Å². The number of benzene rings is 1. The first-order valence-corrected chi connectivity index (χ1v) is 8.13. The second-order valence-electron chi connectivity index (χ2n) is 5.71. The Hall–Kier alpha value is -2.28. The second-order valence-corrected chi connectivity index (χ2v) is 6.59. The monoisotopic (exact) mass is 333 g/mol. The minimum atomic E-state index is -0.582. The van der Waals surface area contributed by atoms with E-state index in [1.165, 1.54) is 23.5 Å². The summed E-state index contributed by atoms with van der Waals surface area (Å²) in [6.45, 7) is 1.99. The largest absolute Gasteiger partial charge is 0.327 e. The Morgan fingerprint density at radius 1 is 1.43 bits per heavy atom. The molecule has 2 amide bonds. The molecule has 2 aromatic rings. The third-order valence-corrected chi connectivity index (χ3v) is 4.72. The van der Waals surface area contributed by atoms with Crippen molar-refractivity contribution in [2.75, 3.05) is 5.32 Å². The number of aromatic nitrogens is 1. The normalized spacial score (nSPS) is 20.4. The van der Waals surface area contributed by atoms with E-state index in [9.17, 15) is 14.0 Å². The summed E-state index contributed by atoms with van der Waals surface area (Å²) in [5.41, 5.74) is 0.350. The van der Waals surface area contributed by atoms with Crippen molar-refractivity contribution in [3.63, 3.8) is 0 Å². The fraction of sp³-hybridized carbons (Fsp3) is 0.312. The van der Waals surface area contributed by atoms with E-state index in [1.807, 2.05) is 6.92 Å². The van der Waals surface area contributed by atoms with Crippen molar-refractivity contribution in [2.24, 2.45) is 23.9 Å². The first-order chi connectivity index (χ1) is 11.0. The average Bonchev–Trinajstić information content (AvgIpc) is 3.12. The van der Waals surface area contributed by atoms with Gasteiger partial charge in [0.1, 0.15) is 5.82 Å². The lowest BCUT2D eigenvalue weighted by Gasteiger charge is -2.08. The molecule has 1 saturated carbocycles. The maximum Gasteiger partial charge on any atom is 0.281 e. The van der Waals surface area contributed by atoms with Gasteiger partial charge in [-0.2, -0.15) is 4.99 Å². The number of aryl methyl sites for hydroxylation is 1. The number of thiazole rings is 1. The Labute approximate surface area is 136 Å². The van der Waals surface area contributed by atoms with Gasteiger partial charge in [0.05, 0.1) is 11.3 Å². The quantitative estimate of drug-likeness (QED) is 0.938. The van der Waals surface area contributed by atoms with Crippen molar-refractivity contribution >= 4 is 28.8 Å². The van der Waals surface area contributed by atoms with Gasteiger partial charge in [-0.3, -0.25) is 9.59 Å². The first kappa shape index (κ1) is 15.6. The van der Waals surface area contributed by atoms with E-state index in [2.05, 4.69) is 10.3 Å². The second kappa shape index (κ2) is 6.08. The smallest absolute Gasteiger partial charge is 0.281 e. The molecule has 1 aromatic carbocycles. The Bertz CT molecular complexity index is 840. The molecule has 0 bridgehead atoms. The van der Waals surface area contributed by atoms with Crippen molar-refractivity contribution in [3.8, 4) is 0 Å². The molecular weight excluding hydrogens is 317 g/mol. The zero-order valence-corrected chi connectivity index (χ0v) is 13.6. The molecule has 7 heteroatoms. The molecule has 0 aliphatic heterocycles. The van der Waals surface area contributed by atoms with E-state index in [1.54, 1.807) is 23.2 Å². The Morgan fingerprint density at radius 3 is 2.78 bits per heavy atom. The van der Waals surface area contributed by atoms with Crippen LogP contribution in [0.5, 0.6) is 0 Å². The lowest BCUT2D eigenvalue weighted by atomic mass is 10.1. The SMILES string of the molecule is CC1CC1C(=O)Nc1ccc(F)cc1C(=O)N=c1sccn1C. The summed E-state index contributed by atoms with van der Waals surface area (Å²) < 4.78 is 15.2. The minimum absolute atomic E-state index is 0.0324. The van der Waals surface area contributed by atoms with E-state index < -0.39 is 11.7 Å². The molecule has 0 saturated heterocycles. The van der Waals surface area contributed by atoms with Crippen LogP contribution in [0.3, 0.4) is 0 Å². The van der Waals surface area contributed by atoms with Crippen molar-refractivity contribution in [2.45, 2.75) is 13.3 Å². The topological polar surface area (TPSA) is 63.5 Å². The third kappa shape index (κ3) is 3.39. The van der Waals surface area contributed by atoms with Gasteiger partial charge in [-0.15, -0.1) is 11.3 Å². The maximum absolute atomic E-state index is 13.5. The molecule has 23 heavy (non-hydrogen) atoms. The van der Waals surface area contributed by atoms with Crippen LogP contribution in [-0.2, 0) is 11.8 Å². The molecule has 2 atom stereocenters. The highest BCUT2D eigenvalue weighted by atomic mass is 32.1. The number of nitrogens with zero attached hydrogens (tertiary/aromatic N) is 2. The standard InChI is InChI=1S/C16H16FN3O2S/c1-9-7-11(9)14(21)18-13-4-3-10(17)8-12(13)15(22)19-16-20(2)5-6-23-16/h3-6,8-9,11H,7H2,1-2H3,(H,18,21). The molecule has 1 aromatic heterocycles. The lowest BCUT2D eigenvalue weighted by Crippen LogP contribution is -2.18. The van der Waals surface area contributed by atoms with E-state index >= 15 is 0 Å². The fourth-order valence-corrected chi connectivity index (χ4v) is 3.02. The number of carbonyl (C=O) groups excluding carboxylic acids is 2. The van der Waals surface area contributed by atoms with Crippen LogP contribution in [0.4, 0.5) is 10.1 Å². The molecule has 1 N–H and O–H groups in total. The van der Waals surface area contributed by atoms with Gasteiger partial charge in [0.15, 0.2) is 4.80 Å².